The van der Waals surface area contributed by atoms with Gasteiger partial charge in [0.05, 0.1) is 24.5 Å². The van der Waals surface area contributed by atoms with Gasteiger partial charge in [-0.1, -0.05) is 23.8 Å². The van der Waals surface area contributed by atoms with Gasteiger partial charge in [0, 0.05) is 64.1 Å². The second-order valence-corrected chi connectivity index (χ2v) is 9.74. The van der Waals surface area contributed by atoms with Crippen molar-refractivity contribution in [3.63, 3.8) is 0 Å². The minimum Gasteiger partial charge on any atom is -0.396 e. The lowest BCUT2D eigenvalue weighted by atomic mass is 9.89. The first-order valence-electron chi connectivity index (χ1n) is 13.1. The van der Waals surface area contributed by atoms with Gasteiger partial charge in [-0.15, -0.1) is 0 Å². The zero-order valence-electron chi connectivity index (χ0n) is 21.3. The topological polar surface area (TPSA) is 77.9 Å². The first-order valence-corrected chi connectivity index (χ1v) is 13.1. The van der Waals surface area contributed by atoms with Crippen LogP contribution in [0.25, 0.3) is 0 Å². The van der Waals surface area contributed by atoms with E-state index in [9.17, 15) is 18.3 Å². The second kappa shape index (κ2) is 11.7. The highest BCUT2D eigenvalue weighted by molar-refractivity contribution is 5.53. The highest BCUT2D eigenvalue weighted by atomic mass is 19.4. The highest BCUT2D eigenvalue weighted by Crippen LogP contribution is 2.36. The van der Waals surface area contributed by atoms with E-state index in [1.807, 2.05) is 6.07 Å². The number of rotatable bonds is 7. The van der Waals surface area contributed by atoms with Crippen LogP contribution in [0.15, 0.2) is 48.2 Å². The minimum absolute atomic E-state index is 0.0217. The van der Waals surface area contributed by atoms with Gasteiger partial charge in [-0.3, -0.25) is 0 Å². The molecule has 0 radical (unpaired) electrons. The summed E-state index contributed by atoms with van der Waals surface area (Å²) >= 11 is 0. The Hall–Kier alpha value is -3.18. The van der Waals surface area contributed by atoms with Crippen molar-refractivity contribution in [2.24, 2.45) is 0 Å². The molecule has 2 aliphatic heterocycles. The fraction of sp³-hybridized carbons (Fsp3) is 0.519. The van der Waals surface area contributed by atoms with Crippen molar-refractivity contribution < 1.29 is 23.0 Å². The average Bonchev–Trinajstić information content (AvgIpc) is 2.96. The fourth-order valence-electron chi connectivity index (χ4n) is 5.15. The third-order valence-electron chi connectivity index (χ3n) is 7.20. The molecule has 8 nitrogen and oxygen atoms in total. The van der Waals surface area contributed by atoms with Crippen LogP contribution < -0.4 is 14.7 Å². The molecule has 2 saturated heterocycles. The van der Waals surface area contributed by atoms with Crippen LogP contribution in [0.1, 0.15) is 36.4 Å². The van der Waals surface area contributed by atoms with Crippen LogP contribution in [-0.4, -0.2) is 79.1 Å². The van der Waals surface area contributed by atoms with Crippen molar-refractivity contribution in [1.29, 1.82) is 0 Å². The van der Waals surface area contributed by atoms with Gasteiger partial charge in [0.25, 0.3) is 0 Å². The number of aliphatic hydroxyl groups excluding tert-OH is 1. The number of allylic oxidation sites excluding steroid dienone is 4. The first kappa shape index (κ1) is 26.4. The minimum atomic E-state index is -4.45. The molecule has 2 aromatic heterocycles. The number of halogens is 3. The van der Waals surface area contributed by atoms with Gasteiger partial charge in [-0.25, -0.2) is 9.97 Å². The zero-order chi connectivity index (χ0) is 26.5. The number of aliphatic hydroxyl groups is 1. The van der Waals surface area contributed by atoms with Crippen molar-refractivity contribution in [3.05, 3.63) is 59.5 Å². The van der Waals surface area contributed by atoms with Crippen LogP contribution in [0, 0.1) is 0 Å². The number of aromatic nitrogens is 3. The van der Waals surface area contributed by atoms with E-state index in [0.717, 1.165) is 36.8 Å². The third-order valence-corrected chi connectivity index (χ3v) is 7.20. The van der Waals surface area contributed by atoms with Gasteiger partial charge < -0.3 is 24.5 Å². The molecule has 0 saturated carbocycles. The molecule has 5 rings (SSSR count). The Morgan fingerprint density at radius 1 is 1.00 bits per heavy atom. The molecule has 2 aromatic rings. The number of piperazine rings is 1. The van der Waals surface area contributed by atoms with Crippen LogP contribution >= 0.6 is 0 Å². The summed E-state index contributed by atoms with van der Waals surface area (Å²) in [7, 11) is 0. The Labute approximate surface area is 220 Å². The van der Waals surface area contributed by atoms with E-state index in [4.69, 9.17) is 14.7 Å². The lowest BCUT2D eigenvalue weighted by Crippen LogP contribution is -2.48. The number of morpholine rings is 1. The van der Waals surface area contributed by atoms with Gasteiger partial charge in [0.2, 0.25) is 5.95 Å². The second-order valence-electron chi connectivity index (χ2n) is 9.74. The van der Waals surface area contributed by atoms with Crippen LogP contribution in [0.4, 0.5) is 30.8 Å². The normalized spacial score (nSPS) is 20.6. The monoisotopic (exact) mass is 530 g/mol. The quantitative estimate of drug-likeness (QED) is 0.580. The fourth-order valence-corrected chi connectivity index (χ4v) is 5.15. The van der Waals surface area contributed by atoms with Crippen molar-refractivity contribution in [2.75, 3.05) is 73.8 Å². The Morgan fingerprint density at radius 3 is 2.50 bits per heavy atom. The molecule has 38 heavy (non-hydrogen) atoms. The summed E-state index contributed by atoms with van der Waals surface area (Å²) < 4.78 is 46.2. The molecular weight excluding hydrogens is 497 g/mol. The summed E-state index contributed by atoms with van der Waals surface area (Å²) in [6, 6.07) is 4.43. The number of pyridine rings is 1. The maximum Gasteiger partial charge on any atom is 0.419 e. The van der Waals surface area contributed by atoms with Gasteiger partial charge in [-0.2, -0.15) is 18.2 Å². The summed E-state index contributed by atoms with van der Waals surface area (Å²) in [4.78, 5) is 19.9. The summed E-state index contributed by atoms with van der Waals surface area (Å²) in [5, 5.41) is 9.24. The highest BCUT2D eigenvalue weighted by Gasteiger charge is 2.36. The number of hydrogen-bond acceptors (Lipinski definition) is 8. The molecule has 3 aliphatic rings. The molecule has 1 unspecified atom stereocenters. The smallest absolute Gasteiger partial charge is 0.396 e. The molecule has 4 heterocycles. The number of hydrogen-bond donors (Lipinski definition) is 1. The number of alkyl halides is 3. The summed E-state index contributed by atoms with van der Waals surface area (Å²) in [6.07, 6.45) is 5.69. The molecule has 0 spiro atoms. The van der Waals surface area contributed by atoms with Gasteiger partial charge in [-0.05, 0) is 31.4 Å². The SMILES string of the molecule is OCCCC1=CC=CC(c2cc(N3CCN(c4ncccc4C(F)(F)F)CC3)nc(N3CCOCC3)n2)C1. The summed E-state index contributed by atoms with van der Waals surface area (Å²) in [5.41, 5.74) is 1.50. The molecule has 2 fully saturated rings. The van der Waals surface area contributed by atoms with E-state index in [1.54, 1.807) is 4.90 Å². The number of anilines is 3. The summed E-state index contributed by atoms with van der Waals surface area (Å²) in [6.45, 7) is 4.67. The van der Waals surface area contributed by atoms with E-state index < -0.39 is 11.7 Å². The molecular formula is C27H33F3N6O2. The summed E-state index contributed by atoms with van der Waals surface area (Å²) in [5.74, 6) is 1.52. The average molecular weight is 531 g/mol. The van der Waals surface area contributed by atoms with E-state index in [1.165, 1.54) is 17.8 Å². The Bertz CT molecular complexity index is 1160. The zero-order valence-corrected chi connectivity index (χ0v) is 21.3. The van der Waals surface area contributed by atoms with E-state index in [-0.39, 0.29) is 18.3 Å². The molecule has 0 aromatic carbocycles. The lowest BCUT2D eigenvalue weighted by Gasteiger charge is -2.37. The Morgan fingerprint density at radius 2 is 1.76 bits per heavy atom. The molecule has 0 bridgehead atoms. The largest absolute Gasteiger partial charge is 0.419 e. The van der Waals surface area contributed by atoms with Crippen LogP contribution in [0.5, 0.6) is 0 Å². The molecule has 1 aliphatic carbocycles. The van der Waals surface area contributed by atoms with E-state index >= 15 is 0 Å². The van der Waals surface area contributed by atoms with Crippen molar-refractivity contribution >= 4 is 17.6 Å². The molecule has 0 amide bonds. The predicted octanol–water partition coefficient (Wildman–Crippen LogP) is 3.80. The van der Waals surface area contributed by atoms with Crippen LogP contribution in [0.3, 0.4) is 0 Å². The number of ether oxygens (including phenoxy) is 1. The molecule has 11 heteroatoms. The lowest BCUT2D eigenvalue weighted by molar-refractivity contribution is -0.137. The van der Waals surface area contributed by atoms with Crippen LogP contribution in [0.2, 0.25) is 0 Å². The van der Waals surface area contributed by atoms with Crippen molar-refractivity contribution in [2.45, 2.75) is 31.4 Å². The first-order chi connectivity index (χ1) is 18.4. The Kier molecular flexibility index (Phi) is 8.13. The van der Waals surface area contributed by atoms with Crippen LogP contribution in [-0.2, 0) is 10.9 Å². The van der Waals surface area contributed by atoms with Gasteiger partial charge in [0.15, 0.2) is 0 Å². The molecule has 1 atom stereocenters. The van der Waals surface area contributed by atoms with Gasteiger partial charge >= 0.3 is 6.18 Å². The van der Waals surface area contributed by atoms with E-state index in [2.05, 4.69) is 33.0 Å². The van der Waals surface area contributed by atoms with Crippen molar-refractivity contribution in [3.8, 4) is 0 Å². The maximum absolute atomic E-state index is 13.6. The number of nitrogens with zero attached hydrogens (tertiary/aromatic N) is 6. The maximum atomic E-state index is 13.6. The van der Waals surface area contributed by atoms with Crippen molar-refractivity contribution in [1.82, 2.24) is 15.0 Å². The predicted molar refractivity (Wildman–Crippen MR) is 140 cm³/mol. The molecule has 1 N–H and O–H groups in total. The van der Waals surface area contributed by atoms with Gasteiger partial charge in [0.1, 0.15) is 11.6 Å². The standard InChI is InChI=1S/C27H33F3N6O2/c28-27(29,30)22-7-2-8-31-25(22)35-11-9-34(10-12-35)24-19-23(21-6-1-4-20(18-21)5-3-15-37)32-26(33-24)36-13-16-38-17-14-36/h1-2,4,6-8,19,21,37H,3,5,9-18H2. The Balaban J connectivity index is 1.37. The third kappa shape index (κ3) is 6.10. The molecule has 204 valence electrons. The van der Waals surface area contributed by atoms with E-state index in [0.29, 0.717) is 58.4 Å².